The molecule has 1 aliphatic rings. The first-order valence-electron chi connectivity index (χ1n) is 9.14. The van der Waals surface area contributed by atoms with E-state index >= 15 is 0 Å². The summed E-state index contributed by atoms with van der Waals surface area (Å²) in [6.45, 7) is 3.20. The van der Waals surface area contributed by atoms with Crippen LogP contribution in [0, 0.1) is 12.8 Å². The maximum atomic E-state index is 12.7. The van der Waals surface area contributed by atoms with Gasteiger partial charge in [0.2, 0.25) is 15.9 Å². The number of aromatic nitrogens is 1. The molecule has 0 saturated carbocycles. The van der Waals surface area contributed by atoms with Gasteiger partial charge in [-0.25, -0.2) is 12.7 Å². The molecule has 1 saturated heterocycles. The van der Waals surface area contributed by atoms with Gasteiger partial charge in [0.05, 0.1) is 5.75 Å². The van der Waals surface area contributed by atoms with Crippen LogP contribution in [0.4, 0.5) is 0 Å². The normalized spacial score (nSPS) is 16.2. The molecule has 1 aliphatic heterocycles. The number of sulfonamides is 1. The SMILES string of the molecule is Cc1cccc(CS(=O)(=O)N2CCC(C(=O)NCc3ccncc3)CC2)c1. The van der Waals surface area contributed by atoms with Crippen molar-refractivity contribution in [2.75, 3.05) is 13.1 Å². The van der Waals surface area contributed by atoms with Gasteiger partial charge in [0.1, 0.15) is 0 Å². The molecular weight excluding hydrogens is 362 g/mol. The van der Waals surface area contributed by atoms with Crippen LogP contribution in [-0.4, -0.2) is 36.7 Å². The van der Waals surface area contributed by atoms with Crippen LogP contribution in [-0.2, 0) is 27.1 Å². The van der Waals surface area contributed by atoms with Crippen LogP contribution >= 0.6 is 0 Å². The van der Waals surface area contributed by atoms with Crippen molar-refractivity contribution >= 4 is 15.9 Å². The lowest BCUT2D eigenvalue weighted by molar-refractivity contribution is -0.126. The third kappa shape index (κ3) is 5.37. The first-order valence-corrected chi connectivity index (χ1v) is 10.7. The second-order valence-corrected chi connectivity index (χ2v) is 8.96. The van der Waals surface area contributed by atoms with E-state index in [4.69, 9.17) is 0 Å². The maximum absolute atomic E-state index is 12.7. The number of piperidine rings is 1. The van der Waals surface area contributed by atoms with Crippen molar-refractivity contribution in [2.24, 2.45) is 5.92 Å². The molecule has 6 nitrogen and oxygen atoms in total. The van der Waals surface area contributed by atoms with Gasteiger partial charge in [0.25, 0.3) is 0 Å². The van der Waals surface area contributed by atoms with E-state index in [1.165, 1.54) is 4.31 Å². The molecular formula is C20H25N3O3S. The van der Waals surface area contributed by atoms with Gasteiger partial charge in [-0.05, 0) is 43.0 Å². The van der Waals surface area contributed by atoms with Crippen molar-refractivity contribution in [3.8, 4) is 0 Å². The fourth-order valence-electron chi connectivity index (χ4n) is 3.33. The fraction of sp³-hybridized carbons (Fsp3) is 0.400. The molecule has 1 aromatic carbocycles. The van der Waals surface area contributed by atoms with Crippen molar-refractivity contribution < 1.29 is 13.2 Å². The van der Waals surface area contributed by atoms with E-state index in [0.29, 0.717) is 32.5 Å². The summed E-state index contributed by atoms with van der Waals surface area (Å²) in [5.74, 6) is -0.145. The van der Waals surface area contributed by atoms with E-state index in [1.807, 2.05) is 43.3 Å². The van der Waals surface area contributed by atoms with Gasteiger partial charge < -0.3 is 5.32 Å². The minimum absolute atomic E-state index is 0.00753. The molecule has 2 aromatic rings. The van der Waals surface area contributed by atoms with Gasteiger partial charge in [-0.2, -0.15) is 0 Å². The van der Waals surface area contributed by atoms with Gasteiger partial charge in [-0.1, -0.05) is 29.8 Å². The Morgan fingerprint density at radius 2 is 1.85 bits per heavy atom. The predicted molar refractivity (Wildman–Crippen MR) is 104 cm³/mol. The van der Waals surface area contributed by atoms with Crippen LogP contribution in [0.1, 0.15) is 29.5 Å². The lowest BCUT2D eigenvalue weighted by Gasteiger charge is -2.30. The summed E-state index contributed by atoms with van der Waals surface area (Å²) in [7, 11) is -3.36. The van der Waals surface area contributed by atoms with Gasteiger partial charge in [0, 0.05) is 37.9 Å². The largest absolute Gasteiger partial charge is 0.352 e. The number of amides is 1. The Bertz CT molecular complexity index is 876. The Kier molecular flexibility index (Phi) is 6.23. The van der Waals surface area contributed by atoms with Crippen molar-refractivity contribution in [1.82, 2.24) is 14.6 Å². The zero-order valence-electron chi connectivity index (χ0n) is 15.5. The highest BCUT2D eigenvalue weighted by molar-refractivity contribution is 7.88. The minimum atomic E-state index is -3.36. The highest BCUT2D eigenvalue weighted by Crippen LogP contribution is 2.22. The van der Waals surface area contributed by atoms with Gasteiger partial charge in [-0.15, -0.1) is 0 Å². The summed E-state index contributed by atoms with van der Waals surface area (Å²) in [5.41, 5.74) is 2.84. The zero-order valence-corrected chi connectivity index (χ0v) is 16.3. The highest BCUT2D eigenvalue weighted by Gasteiger charge is 2.31. The minimum Gasteiger partial charge on any atom is -0.352 e. The van der Waals surface area contributed by atoms with Gasteiger partial charge in [-0.3, -0.25) is 9.78 Å². The summed E-state index contributed by atoms with van der Waals surface area (Å²) in [5, 5.41) is 2.93. The molecule has 0 radical (unpaired) electrons. The first-order chi connectivity index (χ1) is 12.9. The average Bonchev–Trinajstić information content (AvgIpc) is 2.67. The number of pyridine rings is 1. The molecule has 0 atom stereocenters. The second-order valence-electron chi connectivity index (χ2n) is 6.99. The zero-order chi connectivity index (χ0) is 19.3. The summed E-state index contributed by atoms with van der Waals surface area (Å²) < 4.78 is 26.9. The molecule has 144 valence electrons. The Balaban J connectivity index is 1.51. The number of nitrogens with one attached hydrogen (secondary N) is 1. The smallest absolute Gasteiger partial charge is 0.223 e. The molecule has 1 aromatic heterocycles. The molecule has 2 heterocycles. The molecule has 1 fully saturated rings. The lowest BCUT2D eigenvalue weighted by atomic mass is 9.97. The Morgan fingerprint density at radius 1 is 1.15 bits per heavy atom. The summed E-state index contributed by atoms with van der Waals surface area (Å²) in [6, 6.07) is 11.3. The molecule has 0 aliphatic carbocycles. The molecule has 3 rings (SSSR count). The van der Waals surface area contributed by atoms with E-state index in [9.17, 15) is 13.2 Å². The number of aryl methyl sites for hydroxylation is 1. The van der Waals surface area contributed by atoms with E-state index < -0.39 is 10.0 Å². The van der Waals surface area contributed by atoms with Crippen LogP contribution < -0.4 is 5.32 Å². The number of hydrogen-bond acceptors (Lipinski definition) is 4. The third-order valence-electron chi connectivity index (χ3n) is 4.87. The van der Waals surface area contributed by atoms with Gasteiger partial charge in [0.15, 0.2) is 0 Å². The number of benzene rings is 1. The van der Waals surface area contributed by atoms with Crippen LogP contribution in [0.3, 0.4) is 0 Å². The number of rotatable bonds is 6. The first kappa shape index (κ1) is 19.5. The van der Waals surface area contributed by atoms with Crippen molar-refractivity contribution in [3.05, 3.63) is 65.5 Å². The Hall–Kier alpha value is -2.25. The van der Waals surface area contributed by atoms with Gasteiger partial charge >= 0.3 is 0 Å². The van der Waals surface area contributed by atoms with Crippen molar-refractivity contribution in [3.63, 3.8) is 0 Å². The predicted octanol–water partition coefficient (Wildman–Crippen LogP) is 2.25. The summed E-state index contributed by atoms with van der Waals surface area (Å²) in [6.07, 6.45) is 4.49. The quantitative estimate of drug-likeness (QED) is 0.824. The van der Waals surface area contributed by atoms with E-state index in [2.05, 4.69) is 10.3 Å². The molecule has 27 heavy (non-hydrogen) atoms. The molecule has 7 heteroatoms. The topological polar surface area (TPSA) is 79.4 Å². The molecule has 1 amide bonds. The Labute approximate surface area is 160 Å². The third-order valence-corrected chi connectivity index (χ3v) is 6.72. The average molecular weight is 388 g/mol. The number of carbonyl (C=O) groups excluding carboxylic acids is 1. The monoisotopic (exact) mass is 387 g/mol. The van der Waals surface area contributed by atoms with E-state index in [-0.39, 0.29) is 17.6 Å². The highest BCUT2D eigenvalue weighted by atomic mass is 32.2. The molecule has 0 unspecified atom stereocenters. The number of nitrogens with zero attached hydrogens (tertiary/aromatic N) is 2. The summed E-state index contributed by atoms with van der Waals surface area (Å²) in [4.78, 5) is 16.3. The second kappa shape index (κ2) is 8.63. The lowest BCUT2D eigenvalue weighted by Crippen LogP contribution is -2.43. The van der Waals surface area contributed by atoms with Crippen LogP contribution in [0.5, 0.6) is 0 Å². The van der Waals surface area contributed by atoms with E-state index in [1.54, 1.807) is 12.4 Å². The fourth-order valence-corrected chi connectivity index (χ4v) is 4.88. The Morgan fingerprint density at radius 3 is 2.52 bits per heavy atom. The maximum Gasteiger partial charge on any atom is 0.223 e. The number of hydrogen-bond donors (Lipinski definition) is 1. The number of carbonyl (C=O) groups is 1. The van der Waals surface area contributed by atoms with Crippen LogP contribution in [0.15, 0.2) is 48.8 Å². The van der Waals surface area contributed by atoms with E-state index in [0.717, 1.165) is 16.7 Å². The molecule has 0 bridgehead atoms. The van der Waals surface area contributed by atoms with Crippen LogP contribution in [0.25, 0.3) is 0 Å². The molecule has 0 spiro atoms. The van der Waals surface area contributed by atoms with Crippen LogP contribution in [0.2, 0.25) is 0 Å². The molecule has 1 N–H and O–H groups in total. The summed E-state index contributed by atoms with van der Waals surface area (Å²) >= 11 is 0. The van der Waals surface area contributed by atoms with Crippen molar-refractivity contribution in [2.45, 2.75) is 32.1 Å². The standard InChI is InChI=1S/C20H25N3O3S/c1-16-3-2-4-18(13-16)15-27(25,26)23-11-7-19(8-12-23)20(24)22-14-17-5-9-21-10-6-17/h2-6,9-10,13,19H,7-8,11-12,14-15H2,1H3,(H,22,24). The van der Waals surface area contributed by atoms with Crippen molar-refractivity contribution in [1.29, 1.82) is 0 Å².